The Bertz CT molecular complexity index is 954. The number of nitrogens with zero attached hydrogens (tertiary/aromatic N) is 1. The zero-order chi connectivity index (χ0) is 14.4. The van der Waals surface area contributed by atoms with E-state index < -0.39 is 0 Å². The maximum atomic E-state index is 10.3. The van der Waals surface area contributed by atoms with Gasteiger partial charge in [0.25, 0.3) is 0 Å². The quantitative estimate of drug-likeness (QED) is 0.504. The molecule has 102 valence electrons. The fraction of sp³-hybridized carbons (Fsp3) is 0. The Morgan fingerprint density at radius 2 is 1.48 bits per heavy atom. The molecule has 0 unspecified atom stereocenters. The molecule has 1 N–H and O–H groups in total. The van der Waals surface area contributed by atoms with Crippen LogP contribution in [-0.4, -0.2) is 9.67 Å². The third-order valence-corrected chi connectivity index (χ3v) is 4.29. The number of para-hydroxylation sites is 1. The van der Waals surface area contributed by atoms with Crippen LogP contribution in [0.1, 0.15) is 0 Å². The van der Waals surface area contributed by atoms with Crippen LogP contribution in [0.4, 0.5) is 0 Å². The summed E-state index contributed by atoms with van der Waals surface area (Å²) in [6.07, 6.45) is 0. The zero-order valence-corrected chi connectivity index (χ0v) is 12.7. The Morgan fingerprint density at radius 1 is 0.762 bits per heavy atom. The van der Waals surface area contributed by atoms with Crippen LogP contribution in [0.2, 0.25) is 0 Å². The standard InChI is InChI=1S/C18H12BrNO/c19-12-8-10-13(11-9-12)20-15-5-2-1-4-14(15)18-16(20)6-3-7-17(18)21/h1-11,21H. The van der Waals surface area contributed by atoms with Gasteiger partial charge in [0.05, 0.1) is 11.0 Å². The van der Waals surface area contributed by atoms with Crippen molar-refractivity contribution in [3.05, 3.63) is 71.2 Å². The van der Waals surface area contributed by atoms with Crippen molar-refractivity contribution in [3.8, 4) is 11.4 Å². The van der Waals surface area contributed by atoms with Gasteiger partial charge >= 0.3 is 0 Å². The lowest BCUT2D eigenvalue weighted by molar-refractivity contribution is 0.482. The Morgan fingerprint density at radius 3 is 2.29 bits per heavy atom. The molecule has 3 aromatic carbocycles. The maximum Gasteiger partial charge on any atom is 0.125 e. The highest BCUT2D eigenvalue weighted by atomic mass is 79.9. The molecule has 0 radical (unpaired) electrons. The molecular formula is C18H12BrNO. The molecule has 0 aliphatic carbocycles. The van der Waals surface area contributed by atoms with Crippen molar-refractivity contribution < 1.29 is 5.11 Å². The van der Waals surface area contributed by atoms with Gasteiger partial charge in [0, 0.05) is 20.9 Å². The van der Waals surface area contributed by atoms with Gasteiger partial charge in [-0.3, -0.25) is 0 Å². The predicted molar refractivity (Wildman–Crippen MR) is 90.1 cm³/mol. The molecule has 0 amide bonds. The number of aromatic hydroxyl groups is 1. The topological polar surface area (TPSA) is 25.2 Å². The van der Waals surface area contributed by atoms with Gasteiger partial charge in [-0.1, -0.05) is 40.2 Å². The molecule has 0 saturated heterocycles. The first kappa shape index (κ1) is 12.5. The largest absolute Gasteiger partial charge is 0.507 e. The fourth-order valence-electron chi connectivity index (χ4n) is 2.87. The minimum absolute atomic E-state index is 0.319. The van der Waals surface area contributed by atoms with Gasteiger partial charge in [0.2, 0.25) is 0 Å². The van der Waals surface area contributed by atoms with Gasteiger partial charge < -0.3 is 9.67 Å². The second-order valence-corrected chi connectivity index (χ2v) is 5.92. The van der Waals surface area contributed by atoms with E-state index in [1.54, 1.807) is 6.07 Å². The third kappa shape index (κ3) is 1.85. The van der Waals surface area contributed by atoms with Gasteiger partial charge in [0.1, 0.15) is 5.75 Å². The molecule has 3 heteroatoms. The second kappa shape index (κ2) is 4.64. The van der Waals surface area contributed by atoms with E-state index in [1.807, 2.05) is 42.5 Å². The number of phenols is 1. The van der Waals surface area contributed by atoms with Gasteiger partial charge in [0.15, 0.2) is 0 Å². The summed E-state index contributed by atoms with van der Waals surface area (Å²) in [5.41, 5.74) is 3.19. The number of rotatable bonds is 1. The molecule has 0 bridgehead atoms. The monoisotopic (exact) mass is 337 g/mol. The van der Waals surface area contributed by atoms with E-state index >= 15 is 0 Å². The number of phenolic OH excluding ortho intramolecular Hbond substituents is 1. The predicted octanol–water partition coefficient (Wildman–Crippen LogP) is 5.25. The number of hydrogen-bond donors (Lipinski definition) is 1. The Kier molecular flexibility index (Phi) is 2.76. The lowest BCUT2D eigenvalue weighted by atomic mass is 10.1. The first-order valence-corrected chi connectivity index (χ1v) is 7.52. The number of aromatic nitrogens is 1. The third-order valence-electron chi connectivity index (χ3n) is 3.76. The van der Waals surface area contributed by atoms with Gasteiger partial charge in [-0.25, -0.2) is 0 Å². The van der Waals surface area contributed by atoms with E-state index in [2.05, 4.69) is 38.7 Å². The summed E-state index contributed by atoms with van der Waals surface area (Å²) in [5.74, 6) is 0.319. The lowest BCUT2D eigenvalue weighted by Gasteiger charge is -2.07. The number of fused-ring (bicyclic) bond motifs is 3. The Labute approximate surface area is 130 Å². The van der Waals surface area contributed by atoms with E-state index in [4.69, 9.17) is 0 Å². The SMILES string of the molecule is Oc1cccc2c1c1ccccc1n2-c1ccc(Br)cc1. The van der Waals surface area contributed by atoms with Crippen molar-refractivity contribution in [1.82, 2.24) is 4.57 Å². The summed E-state index contributed by atoms with van der Waals surface area (Å²) in [7, 11) is 0. The molecule has 0 fully saturated rings. The van der Waals surface area contributed by atoms with Crippen LogP contribution in [0, 0.1) is 0 Å². The maximum absolute atomic E-state index is 10.3. The molecule has 0 spiro atoms. The molecule has 21 heavy (non-hydrogen) atoms. The first-order valence-electron chi connectivity index (χ1n) is 6.73. The molecule has 1 aromatic heterocycles. The minimum atomic E-state index is 0.319. The summed E-state index contributed by atoms with van der Waals surface area (Å²) in [6, 6.07) is 22.0. The number of benzene rings is 3. The second-order valence-electron chi connectivity index (χ2n) is 5.00. The molecule has 2 nitrogen and oxygen atoms in total. The van der Waals surface area contributed by atoms with Crippen molar-refractivity contribution in [1.29, 1.82) is 0 Å². The molecular weight excluding hydrogens is 326 g/mol. The smallest absolute Gasteiger partial charge is 0.125 e. The van der Waals surface area contributed by atoms with Crippen LogP contribution in [0.25, 0.3) is 27.5 Å². The van der Waals surface area contributed by atoms with Gasteiger partial charge in [-0.05, 0) is 42.5 Å². The summed E-state index contributed by atoms with van der Waals surface area (Å²) < 4.78 is 3.23. The van der Waals surface area contributed by atoms with Crippen molar-refractivity contribution in [2.45, 2.75) is 0 Å². The van der Waals surface area contributed by atoms with Crippen LogP contribution >= 0.6 is 15.9 Å². The highest BCUT2D eigenvalue weighted by Gasteiger charge is 2.13. The molecule has 0 saturated carbocycles. The fourth-order valence-corrected chi connectivity index (χ4v) is 3.13. The van der Waals surface area contributed by atoms with Crippen LogP contribution in [0.3, 0.4) is 0 Å². The van der Waals surface area contributed by atoms with Crippen LogP contribution in [0.15, 0.2) is 71.2 Å². The first-order chi connectivity index (χ1) is 10.3. The highest BCUT2D eigenvalue weighted by Crippen LogP contribution is 2.36. The summed E-state index contributed by atoms with van der Waals surface area (Å²) >= 11 is 3.47. The number of hydrogen-bond acceptors (Lipinski definition) is 1. The molecule has 0 atom stereocenters. The summed E-state index contributed by atoms with van der Waals surface area (Å²) in [6.45, 7) is 0. The van der Waals surface area contributed by atoms with E-state index in [0.29, 0.717) is 5.75 Å². The van der Waals surface area contributed by atoms with Crippen molar-refractivity contribution in [2.75, 3.05) is 0 Å². The molecule has 0 aliphatic heterocycles. The van der Waals surface area contributed by atoms with Gasteiger partial charge in [-0.2, -0.15) is 0 Å². The Balaban J connectivity index is 2.20. The van der Waals surface area contributed by atoms with Crippen LogP contribution in [-0.2, 0) is 0 Å². The average Bonchev–Trinajstić information content (AvgIpc) is 2.84. The van der Waals surface area contributed by atoms with E-state index in [9.17, 15) is 5.11 Å². The lowest BCUT2D eigenvalue weighted by Crippen LogP contribution is -1.92. The molecule has 1 heterocycles. The van der Waals surface area contributed by atoms with Crippen molar-refractivity contribution in [2.24, 2.45) is 0 Å². The highest BCUT2D eigenvalue weighted by molar-refractivity contribution is 9.10. The summed E-state index contributed by atoms with van der Waals surface area (Å²) in [4.78, 5) is 0. The van der Waals surface area contributed by atoms with E-state index in [1.165, 1.54) is 0 Å². The van der Waals surface area contributed by atoms with Crippen LogP contribution in [0.5, 0.6) is 5.75 Å². The van der Waals surface area contributed by atoms with Crippen molar-refractivity contribution >= 4 is 37.7 Å². The zero-order valence-electron chi connectivity index (χ0n) is 11.1. The Hall–Kier alpha value is -2.26. The van der Waals surface area contributed by atoms with Crippen molar-refractivity contribution in [3.63, 3.8) is 0 Å². The molecule has 0 aliphatic rings. The van der Waals surface area contributed by atoms with E-state index in [-0.39, 0.29) is 0 Å². The average molecular weight is 338 g/mol. The molecule has 4 aromatic rings. The number of halogens is 1. The van der Waals surface area contributed by atoms with Crippen LogP contribution < -0.4 is 0 Å². The molecule has 4 rings (SSSR count). The normalized spacial score (nSPS) is 11.3. The minimum Gasteiger partial charge on any atom is -0.507 e. The summed E-state index contributed by atoms with van der Waals surface area (Å²) in [5, 5.41) is 12.2. The van der Waals surface area contributed by atoms with Gasteiger partial charge in [-0.15, -0.1) is 0 Å². The van der Waals surface area contributed by atoms with E-state index in [0.717, 1.165) is 32.0 Å².